The molecule has 2 rings (SSSR count). The van der Waals surface area contributed by atoms with Crippen LogP contribution in [0.15, 0.2) is 31.1 Å². The maximum Gasteiger partial charge on any atom is 0.275 e. The second kappa shape index (κ2) is 5.67. The first-order valence-corrected chi connectivity index (χ1v) is 5.42. The Hall–Kier alpha value is -2.57. The van der Waals surface area contributed by atoms with Crippen LogP contribution in [0.5, 0.6) is 0 Å². The van der Waals surface area contributed by atoms with Crippen molar-refractivity contribution in [2.45, 2.75) is 6.92 Å². The molecule has 0 aromatic carbocycles. The summed E-state index contributed by atoms with van der Waals surface area (Å²) in [6, 6.07) is 0. The standard InChI is InChI=1S/C11H12N6O/c1-2-14-10-6-15-9(5-16-10)11(18)17-8-3-12-7-13-4-8/h3-7H,2H2,1H3,(H,14,16)(H,17,18). The summed E-state index contributed by atoms with van der Waals surface area (Å²) in [4.78, 5) is 27.5. The van der Waals surface area contributed by atoms with Crippen molar-refractivity contribution in [3.8, 4) is 0 Å². The van der Waals surface area contributed by atoms with E-state index in [0.717, 1.165) is 6.54 Å². The van der Waals surface area contributed by atoms with Crippen LogP contribution in [0.1, 0.15) is 17.4 Å². The molecular weight excluding hydrogens is 232 g/mol. The first-order valence-electron chi connectivity index (χ1n) is 5.42. The van der Waals surface area contributed by atoms with E-state index in [1.807, 2.05) is 6.92 Å². The molecular formula is C11H12N6O. The van der Waals surface area contributed by atoms with Crippen LogP contribution < -0.4 is 10.6 Å². The van der Waals surface area contributed by atoms with Crippen LogP contribution in [0.4, 0.5) is 11.5 Å². The molecule has 7 heteroatoms. The molecule has 1 amide bonds. The van der Waals surface area contributed by atoms with Crippen molar-refractivity contribution in [2.75, 3.05) is 17.2 Å². The fraction of sp³-hybridized carbons (Fsp3) is 0.182. The molecule has 0 radical (unpaired) electrons. The van der Waals surface area contributed by atoms with Crippen molar-refractivity contribution >= 4 is 17.4 Å². The van der Waals surface area contributed by atoms with E-state index in [1.165, 1.54) is 31.1 Å². The summed E-state index contributed by atoms with van der Waals surface area (Å²) in [7, 11) is 0. The van der Waals surface area contributed by atoms with Gasteiger partial charge in [-0.3, -0.25) is 4.79 Å². The zero-order valence-corrected chi connectivity index (χ0v) is 9.79. The fourth-order valence-corrected chi connectivity index (χ4v) is 1.28. The highest BCUT2D eigenvalue weighted by Crippen LogP contribution is 2.05. The molecule has 92 valence electrons. The highest BCUT2D eigenvalue weighted by Gasteiger charge is 2.08. The van der Waals surface area contributed by atoms with Crippen LogP contribution in [0.3, 0.4) is 0 Å². The Morgan fingerprint density at radius 2 is 1.94 bits per heavy atom. The third-order valence-corrected chi connectivity index (χ3v) is 2.06. The van der Waals surface area contributed by atoms with E-state index in [2.05, 4.69) is 30.6 Å². The Morgan fingerprint density at radius 1 is 1.17 bits per heavy atom. The molecule has 0 aliphatic heterocycles. The van der Waals surface area contributed by atoms with Crippen molar-refractivity contribution < 1.29 is 4.79 Å². The number of rotatable bonds is 4. The van der Waals surface area contributed by atoms with E-state index >= 15 is 0 Å². The maximum absolute atomic E-state index is 11.8. The van der Waals surface area contributed by atoms with Gasteiger partial charge < -0.3 is 10.6 Å². The number of aromatic nitrogens is 4. The smallest absolute Gasteiger partial charge is 0.275 e. The summed E-state index contributed by atoms with van der Waals surface area (Å²) >= 11 is 0. The topological polar surface area (TPSA) is 92.7 Å². The number of hydrogen-bond acceptors (Lipinski definition) is 6. The van der Waals surface area contributed by atoms with E-state index in [-0.39, 0.29) is 11.6 Å². The van der Waals surface area contributed by atoms with Crippen LogP contribution in [-0.4, -0.2) is 32.4 Å². The van der Waals surface area contributed by atoms with E-state index < -0.39 is 0 Å². The summed E-state index contributed by atoms with van der Waals surface area (Å²) in [5, 5.41) is 5.62. The number of nitrogens with one attached hydrogen (secondary N) is 2. The van der Waals surface area contributed by atoms with Crippen molar-refractivity contribution in [1.82, 2.24) is 19.9 Å². The van der Waals surface area contributed by atoms with Gasteiger partial charge >= 0.3 is 0 Å². The lowest BCUT2D eigenvalue weighted by Crippen LogP contribution is -2.14. The minimum atomic E-state index is -0.347. The highest BCUT2D eigenvalue weighted by molar-refractivity contribution is 6.02. The minimum Gasteiger partial charge on any atom is -0.369 e. The lowest BCUT2D eigenvalue weighted by atomic mass is 10.4. The third-order valence-electron chi connectivity index (χ3n) is 2.06. The average molecular weight is 244 g/mol. The Bertz CT molecular complexity index is 513. The molecule has 2 aromatic rings. The fourth-order valence-electron chi connectivity index (χ4n) is 1.28. The Kier molecular flexibility index (Phi) is 3.75. The Labute approximate surface area is 104 Å². The predicted molar refractivity (Wildman–Crippen MR) is 66.2 cm³/mol. The van der Waals surface area contributed by atoms with Gasteiger partial charge in [0, 0.05) is 6.54 Å². The Balaban J connectivity index is 2.05. The second-order valence-electron chi connectivity index (χ2n) is 3.40. The molecule has 2 N–H and O–H groups in total. The van der Waals surface area contributed by atoms with Gasteiger partial charge in [0.15, 0.2) is 0 Å². The summed E-state index contributed by atoms with van der Waals surface area (Å²) in [5.74, 6) is 0.289. The van der Waals surface area contributed by atoms with Crippen molar-refractivity contribution in [1.29, 1.82) is 0 Å². The van der Waals surface area contributed by atoms with Crippen LogP contribution in [0.2, 0.25) is 0 Å². The molecule has 2 aromatic heterocycles. The van der Waals surface area contributed by atoms with E-state index in [4.69, 9.17) is 0 Å². The molecule has 0 fully saturated rings. The molecule has 0 unspecified atom stereocenters. The van der Waals surface area contributed by atoms with E-state index in [1.54, 1.807) is 0 Å². The molecule has 0 aliphatic carbocycles. The van der Waals surface area contributed by atoms with Gasteiger partial charge in [-0.2, -0.15) is 0 Å². The molecule has 0 bridgehead atoms. The molecule has 7 nitrogen and oxygen atoms in total. The van der Waals surface area contributed by atoms with Gasteiger partial charge in [-0.15, -0.1) is 0 Å². The van der Waals surface area contributed by atoms with Crippen molar-refractivity contribution in [3.63, 3.8) is 0 Å². The number of carbonyl (C=O) groups excluding carboxylic acids is 1. The number of hydrogen-bond donors (Lipinski definition) is 2. The van der Waals surface area contributed by atoms with Crippen LogP contribution in [0, 0.1) is 0 Å². The number of carbonyl (C=O) groups is 1. The summed E-state index contributed by atoms with van der Waals surface area (Å²) < 4.78 is 0. The van der Waals surface area contributed by atoms with Gasteiger partial charge in [-0.05, 0) is 6.92 Å². The van der Waals surface area contributed by atoms with Gasteiger partial charge in [0.25, 0.3) is 5.91 Å². The predicted octanol–water partition coefficient (Wildman–Crippen LogP) is 0.951. The number of nitrogens with zero attached hydrogens (tertiary/aromatic N) is 4. The monoisotopic (exact) mass is 244 g/mol. The maximum atomic E-state index is 11.8. The Morgan fingerprint density at radius 3 is 2.56 bits per heavy atom. The lowest BCUT2D eigenvalue weighted by Gasteiger charge is -2.04. The zero-order chi connectivity index (χ0) is 12.8. The molecule has 0 spiro atoms. The summed E-state index contributed by atoms with van der Waals surface area (Å²) in [6.45, 7) is 2.71. The largest absolute Gasteiger partial charge is 0.369 e. The first-order chi connectivity index (χ1) is 8.79. The zero-order valence-electron chi connectivity index (χ0n) is 9.79. The normalized spacial score (nSPS) is 9.83. The molecule has 0 saturated heterocycles. The van der Waals surface area contributed by atoms with Gasteiger partial charge in [-0.25, -0.2) is 19.9 Å². The van der Waals surface area contributed by atoms with Gasteiger partial charge in [0.1, 0.15) is 17.8 Å². The van der Waals surface area contributed by atoms with Gasteiger partial charge in [0.05, 0.1) is 30.5 Å². The van der Waals surface area contributed by atoms with Crippen molar-refractivity contribution in [3.05, 3.63) is 36.8 Å². The van der Waals surface area contributed by atoms with E-state index in [9.17, 15) is 4.79 Å². The van der Waals surface area contributed by atoms with Crippen molar-refractivity contribution in [2.24, 2.45) is 0 Å². The van der Waals surface area contributed by atoms with Gasteiger partial charge in [-0.1, -0.05) is 0 Å². The van der Waals surface area contributed by atoms with E-state index in [0.29, 0.717) is 11.5 Å². The third kappa shape index (κ3) is 2.97. The number of anilines is 2. The van der Waals surface area contributed by atoms with Crippen LogP contribution >= 0.6 is 0 Å². The van der Waals surface area contributed by atoms with Gasteiger partial charge in [0.2, 0.25) is 0 Å². The van der Waals surface area contributed by atoms with Crippen LogP contribution in [0.25, 0.3) is 0 Å². The summed E-state index contributed by atoms with van der Waals surface area (Å²) in [5.41, 5.74) is 0.751. The SMILES string of the molecule is CCNc1cnc(C(=O)Nc2cncnc2)cn1. The number of amides is 1. The summed E-state index contributed by atoms with van der Waals surface area (Å²) in [6.07, 6.45) is 7.33. The molecule has 2 heterocycles. The highest BCUT2D eigenvalue weighted by atomic mass is 16.1. The molecule has 0 aliphatic rings. The molecule has 18 heavy (non-hydrogen) atoms. The minimum absolute atomic E-state index is 0.237. The average Bonchev–Trinajstić information content (AvgIpc) is 2.41. The van der Waals surface area contributed by atoms with Crippen LogP contribution in [-0.2, 0) is 0 Å². The molecule has 0 atom stereocenters. The lowest BCUT2D eigenvalue weighted by molar-refractivity contribution is 0.102. The first kappa shape index (κ1) is 11.9. The molecule has 0 saturated carbocycles. The second-order valence-corrected chi connectivity index (χ2v) is 3.40. The quantitative estimate of drug-likeness (QED) is 0.831.